The Bertz CT molecular complexity index is 610. The molecular weight excluding hydrogens is 305 g/mol. The minimum atomic E-state index is -4.45. The summed E-state index contributed by atoms with van der Waals surface area (Å²) in [6.45, 7) is 3.39. The molecule has 0 aliphatic rings. The average Bonchev–Trinajstić information content (AvgIpc) is 2.86. The zero-order valence-electron chi connectivity index (χ0n) is 11.3. The van der Waals surface area contributed by atoms with Gasteiger partial charge in [0.1, 0.15) is 0 Å². The third-order valence-electron chi connectivity index (χ3n) is 2.75. The van der Waals surface area contributed by atoms with Gasteiger partial charge in [0.2, 0.25) is 0 Å². The van der Waals surface area contributed by atoms with E-state index >= 15 is 0 Å². The van der Waals surface area contributed by atoms with Gasteiger partial charge in [-0.05, 0) is 31.2 Å². The lowest BCUT2D eigenvalue weighted by Crippen LogP contribution is -2.13. The Morgan fingerprint density at radius 3 is 2.71 bits per heavy atom. The third-order valence-corrected chi connectivity index (χ3v) is 2.97. The molecule has 0 aliphatic carbocycles. The lowest BCUT2D eigenvalue weighted by Gasteiger charge is -2.09. The first-order valence-electron chi connectivity index (χ1n) is 6.40. The van der Waals surface area contributed by atoms with Gasteiger partial charge < -0.3 is 5.32 Å². The van der Waals surface area contributed by atoms with Crippen LogP contribution in [0.15, 0.2) is 24.4 Å². The van der Waals surface area contributed by atoms with Crippen LogP contribution in [0.1, 0.15) is 24.6 Å². The first kappa shape index (κ1) is 15.8. The van der Waals surface area contributed by atoms with Crippen LogP contribution in [0.3, 0.4) is 0 Å². The molecule has 0 saturated heterocycles. The lowest BCUT2D eigenvalue weighted by molar-refractivity contribution is -0.137. The maximum absolute atomic E-state index is 12.8. The standard InChI is InChI=1S/C13H14ClF3N4/c1-2-3-18-7-11-8-21(20-19-11)12-5-9(13(15,16)17)4-10(14)6-12/h4-6,8,18H,2-3,7H2,1H3. The molecule has 4 nitrogen and oxygen atoms in total. The highest BCUT2D eigenvalue weighted by molar-refractivity contribution is 6.30. The minimum Gasteiger partial charge on any atom is -0.311 e. The average molecular weight is 319 g/mol. The molecule has 0 spiro atoms. The lowest BCUT2D eigenvalue weighted by atomic mass is 10.2. The maximum atomic E-state index is 12.8. The zero-order valence-corrected chi connectivity index (χ0v) is 12.0. The highest BCUT2D eigenvalue weighted by Crippen LogP contribution is 2.32. The van der Waals surface area contributed by atoms with Gasteiger partial charge in [-0.2, -0.15) is 13.2 Å². The number of halogens is 4. The van der Waals surface area contributed by atoms with E-state index in [9.17, 15) is 13.2 Å². The van der Waals surface area contributed by atoms with E-state index in [2.05, 4.69) is 15.6 Å². The van der Waals surface area contributed by atoms with E-state index in [0.717, 1.165) is 25.1 Å². The van der Waals surface area contributed by atoms with Crippen molar-refractivity contribution in [3.8, 4) is 5.69 Å². The number of benzene rings is 1. The fourth-order valence-electron chi connectivity index (χ4n) is 1.77. The number of hydrogen-bond acceptors (Lipinski definition) is 3. The fraction of sp³-hybridized carbons (Fsp3) is 0.385. The molecule has 2 aromatic rings. The minimum absolute atomic E-state index is 0.000910. The molecule has 0 saturated carbocycles. The second-order valence-electron chi connectivity index (χ2n) is 4.53. The van der Waals surface area contributed by atoms with Crippen LogP contribution in [-0.4, -0.2) is 21.5 Å². The summed E-state index contributed by atoms with van der Waals surface area (Å²) in [5.41, 5.74) is 0.0622. The molecule has 8 heteroatoms. The highest BCUT2D eigenvalue weighted by Gasteiger charge is 2.31. The normalized spacial score (nSPS) is 11.9. The van der Waals surface area contributed by atoms with E-state index in [1.165, 1.54) is 10.7 Å². The molecule has 0 atom stereocenters. The first-order chi connectivity index (χ1) is 9.90. The second-order valence-corrected chi connectivity index (χ2v) is 4.96. The molecule has 0 unspecified atom stereocenters. The van der Waals surface area contributed by atoms with Crippen molar-refractivity contribution in [3.05, 3.63) is 40.7 Å². The van der Waals surface area contributed by atoms with Crippen LogP contribution in [0.5, 0.6) is 0 Å². The van der Waals surface area contributed by atoms with Gasteiger partial charge in [0, 0.05) is 11.6 Å². The fourth-order valence-corrected chi connectivity index (χ4v) is 2.00. The quantitative estimate of drug-likeness (QED) is 0.859. The van der Waals surface area contributed by atoms with Crippen molar-refractivity contribution >= 4 is 11.6 Å². The third kappa shape index (κ3) is 4.18. The number of nitrogens with zero attached hydrogens (tertiary/aromatic N) is 3. The highest BCUT2D eigenvalue weighted by atomic mass is 35.5. The van der Waals surface area contributed by atoms with Gasteiger partial charge in [0.15, 0.2) is 0 Å². The van der Waals surface area contributed by atoms with Gasteiger partial charge in [0.25, 0.3) is 0 Å². The molecular formula is C13H14ClF3N4. The van der Waals surface area contributed by atoms with E-state index in [1.54, 1.807) is 6.20 Å². The topological polar surface area (TPSA) is 42.7 Å². The largest absolute Gasteiger partial charge is 0.416 e. The molecule has 0 amide bonds. The van der Waals surface area contributed by atoms with Crippen LogP contribution in [0.25, 0.3) is 5.69 Å². The van der Waals surface area contributed by atoms with E-state index in [1.807, 2.05) is 6.92 Å². The van der Waals surface area contributed by atoms with Crippen molar-refractivity contribution in [2.24, 2.45) is 0 Å². The number of rotatable bonds is 5. The van der Waals surface area contributed by atoms with E-state index in [4.69, 9.17) is 11.6 Å². The molecule has 114 valence electrons. The van der Waals surface area contributed by atoms with Crippen LogP contribution in [-0.2, 0) is 12.7 Å². The molecule has 0 fully saturated rings. The van der Waals surface area contributed by atoms with Crippen LogP contribution < -0.4 is 5.32 Å². The molecule has 2 rings (SSSR count). The van der Waals surface area contributed by atoms with Crippen LogP contribution >= 0.6 is 11.6 Å². The monoisotopic (exact) mass is 318 g/mol. The molecule has 0 radical (unpaired) electrons. The first-order valence-corrected chi connectivity index (χ1v) is 6.78. The van der Waals surface area contributed by atoms with Crippen LogP contribution in [0.2, 0.25) is 5.02 Å². The number of nitrogens with one attached hydrogen (secondary N) is 1. The number of aromatic nitrogens is 3. The molecule has 21 heavy (non-hydrogen) atoms. The van der Waals surface area contributed by atoms with Gasteiger partial charge in [-0.1, -0.05) is 23.7 Å². The van der Waals surface area contributed by atoms with E-state index < -0.39 is 11.7 Å². The van der Waals surface area contributed by atoms with Gasteiger partial charge in [-0.15, -0.1) is 5.10 Å². The maximum Gasteiger partial charge on any atom is 0.416 e. The van der Waals surface area contributed by atoms with Crippen molar-refractivity contribution < 1.29 is 13.2 Å². The summed E-state index contributed by atoms with van der Waals surface area (Å²) in [6, 6.07) is 3.28. The van der Waals surface area contributed by atoms with Crippen molar-refractivity contribution in [1.82, 2.24) is 20.3 Å². The zero-order chi connectivity index (χ0) is 15.5. The summed E-state index contributed by atoms with van der Waals surface area (Å²) in [5.74, 6) is 0. The van der Waals surface area contributed by atoms with Gasteiger partial charge >= 0.3 is 6.18 Å². The Hall–Kier alpha value is -1.60. The Morgan fingerprint density at radius 2 is 2.05 bits per heavy atom. The van der Waals surface area contributed by atoms with Crippen molar-refractivity contribution in [1.29, 1.82) is 0 Å². The predicted molar refractivity (Wildman–Crippen MR) is 73.4 cm³/mol. The second kappa shape index (κ2) is 6.44. The van der Waals surface area contributed by atoms with Gasteiger partial charge in [0.05, 0.1) is 23.1 Å². The smallest absolute Gasteiger partial charge is 0.311 e. The summed E-state index contributed by atoms with van der Waals surface area (Å²) in [7, 11) is 0. The predicted octanol–water partition coefficient (Wildman–Crippen LogP) is 3.44. The summed E-state index contributed by atoms with van der Waals surface area (Å²) >= 11 is 5.74. The number of hydrogen-bond donors (Lipinski definition) is 1. The Balaban J connectivity index is 2.24. The Kier molecular flexibility index (Phi) is 4.84. The molecule has 0 bridgehead atoms. The van der Waals surface area contributed by atoms with Crippen LogP contribution in [0, 0.1) is 0 Å². The molecule has 1 heterocycles. The van der Waals surface area contributed by atoms with Crippen molar-refractivity contribution in [2.45, 2.75) is 26.1 Å². The van der Waals surface area contributed by atoms with E-state index in [0.29, 0.717) is 12.2 Å². The summed E-state index contributed by atoms with van der Waals surface area (Å²) < 4.78 is 39.6. The summed E-state index contributed by atoms with van der Waals surface area (Å²) in [4.78, 5) is 0. The molecule has 1 aromatic carbocycles. The Labute approximate surface area is 124 Å². The molecule has 0 aliphatic heterocycles. The Morgan fingerprint density at radius 1 is 1.29 bits per heavy atom. The molecule has 1 aromatic heterocycles. The van der Waals surface area contributed by atoms with Crippen LogP contribution in [0.4, 0.5) is 13.2 Å². The summed E-state index contributed by atoms with van der Waals surface area (Å²) in [5, 5.41) is 10.9. The van der Waals surface area contributed by atoms with Gasteiger partial charge in [-0.25, -0.2) is 4.68 Å². The summed E-state index contributed by atoms with van der Waals surface area (Å²) in [6.07, 6.45) is -1.89. The van der Waals surface area contributed by atoms with Gasteiger partial charge in [-0.3, -0.25) is 0 Å². The SMILES string of the molecule is CCCNCc1cn(-c2cc(Cl)cc(C(F)(F)F)c2)nn1. The molecule has 1 N–H and O–H groups in total. The number of alkyl halides is 3. The van der Waals surface area contributed by atoms with Crippen molar-refractivity contribution in [3.63, 3.8) is 0 Å². The van der Waals surface area contributed by atoms with E-state index in [-0.39, 0.29) is 10.7 Å². The van der Waals surface area contributed by atoms with Crippen molar-refractivity contribution in [2.75, 3.05) is 6.54 Å².